The Bertz CT molecular complexity index is 1400. The molecule has 0 aliphatic carbocycles. The number of ketones is 1. The van der Waals surface area contributed by atoms with Gasteiger partial charge in [-0.1, -0.05) is 0 Å². The SMILES string of the molecule is O=C(CCc1cc(-c2ccc(C(F)(F)F)nc2)ncn1)[C@@H]1CC(F)(F)CN1S(=O)(=O)c1ccc(F)cc1. The summed E-state index contributed by atoms with van der Waals surface area (Å²) in [4.78, 5) is 23.8. The number of benzene rings is 1. The van der Waals surface area contributed by atoms with Gasteiger partial charge < -0.3 is 0 Å². The van der Waals surface area contributed by atoms with Crippen LogP contribution in [0.5, 0.6) is 0 Å². The number of rotatable bonds is 7. The van der Waals surface area contributed by atoms with Crippen molar-refractivity contribution < 1.29 is 39.6 Å². The Hall–Kier alpha value is -3.39. The highest BCUT2D eigenvalue weighted by Gasteiger charge is 2.52. The molecule has 3 heterocycles. The molecule has 1 aromatic carbocycles. The number of aromatic nitrogens is 3. The van der Waals surface area contributed by atoms with Gasteiger partial charge >= 0.3 is 6.18 Å². The van der Waals surface area contributed by atoms with Crippen molar-refractivity contribution in [3.8, 4) is 11.3 Å². The Labute approximate surface area is 207 Å². The summed E-state index contributed by atoms with van der Waals surface area (Å²) in [5.74, 6) is -4.92. The van der Waals surface area contributed by atoms with E-state index in [1.807, 2.05) is 0 Å². The van der Waals surface area contributed by atoms with E-state index in [9.17, 15) is 39.6 Å². The lowest BCUT2D eigenvalue weighted by molar-refractivity contribution is -0.141. The lowest BCUT2D eigenvalue weighted by atomic mass is 10.0. The maximum atomic E-state index is 14.2. The third-order valence-corrected chi connectivity index (χ3v) is 7.59. The highest BCUT2D eigenvalue weighted by molar-refractivity contribution is 7.89. The lowest BCUT2D eigenvalue weighted by Gasteiger charge is -2.22. The van der Waals surface area contributed by atoms with Crippen molar-refractivity contribution in [2.45, 2.75) is 42.3 Å². The minimum absolute atomic E-state index is 0.0606. The van der Waals surface area contributed by atoms with E-state index in [2.05, 4.69) is 15.0 Å². The fraction of sp³-hybridized carbons (Fsp3) is 0.304. The summed E-state index contributed by atoms with van der Waals surface area (Å²) in [7, 11) is -4.51. The summed E-state index contributed by atoms with van der Waals surface area (Å²) in [6, 6.07) is 5.35. The van der Waals surface area contributed by atoms with E-state index < -0.39 is 63.3 Å². The van der Waals surface area contributed by atoms with Crippen LogP contribution in [0.3, 0.4) is 0 Å². The zero-order valence-electron chi connectivity index (χ0n) is 18.8. The third-order valence-electron chi connectivity index (χ3n) is 5.72. The molecule has 0 N–H and O–H groups in total. The molecule has 0 radical (unpaired) electrons. The summed E-state index contributed by atoms with van der Waals surface area (Å²) < 4.78 is 106. The van der Waals surface area contributed by atoms with E-state index >= 15 is 0 Å². The van der Waals surface area contributed by atoms with Gasteiger partial charge in [-0.2, -0.15) is 17.5 Å². The number of aryl methyl sites for hydroxylation is 1. The first-order chi connectivity index (χ1) is 17.3. The molecule has 2 aromatic heterocycles. The number of nitrogens with zero attached hydrogens (tertiary/aromatic N) is 4. The average Bonchev–Trinajstić information content (AvgIpc) is 3.19. The number of halogens is 6. The van der Waals surface area contributed by atoms with Gasteiger partial charge in [-0.05, 0) is 48.9 Å². The fourth-order valence-electron chi connectivity index (χ4n) is 3.88. The Morgan fingerprint density at radius 2 is 1.76 bits per heavy atom. The van der Waals surface area contributed by atoms with E-state index in [-0.39, 0.29) is 29.8 Å². The molecule has 0 spiro atoms. The smallest absolute Gasteiger partial charge is 0.298 e. The van der Waals surface area contributed by atoms with Crippen LogP contribution in [0.2, 0.25) is 0 Å². The molecule has 14 heteroatoms. The second-order valence-corrected chi connectivity index (χ2v) is 10.3. The molecule has 0 amide bonds. The summed E-state index contributed by atoms with van der Waals surface area (Å²) in [5, 5.41) is 0. The maximum Gasteiger partial charge on any atom is 0.433 e. The number of alkyl halides is 5. The van der Waals surface area contributed by atoms with Gasteiger partial charge in [0.25, 0.3) is 5.92 Å². The number of sulfonamides is 1. The Balaban J connectivity index is 1.49. The number of hydrogen-bond donors (Lipinski definition) is 0. The molecule has 0 unspecified atom stereocenters. The third kappa shape index (κ3) is 5.96. The monoisotopic (exact) mass is 544 g/mol. The molecule has 1 fully saturated rings. The second-order valence-electron chi connectivity index (χ2n) is 8.37. The number of hydrogen-bond acceptors (Lipinski definition) is 6. The molecule has 0 saturated carbocycles. The molecule has 1 aliphatic heterocycles. The van der Waals surface area contributed by atoms with Crippen LogP contribution < -0.4 is 0 Å². The number of carbonyl (C=O) groups excluding carboxylic acids is 1. The van der Waals surface area contributed by atoms with Crippen molar-refractivity contribution in [3.05, 3.63) is 72.2 Å². The average molecular weight is 544 g/mol. The zero-order chi connectivity index (χ0) is 27.0. The van der Waals surface area contributed by atoms with Crippen molar-refractivity contribution in [3.63, 3.8) is 0 Å². The lowest BCUT2D eigenvalue weighted by Crippen LogP contribution is -2.40. The molecule has 37 heavy (non-hydrogen) atoms. The zero-order valence-corrected chi connectivity index (χ0v) is 19.6. The summed E-state index contributed by atoms with van der Waals surface area (Å²) in [6.07, 6.45) is -3.89. The van der Waals surface area contributed by atoms with E-state index in [1.165, 1.54) is 12.1 Å². The minimum Gasteiger partial charge on any atom is -0.298 e. The first kappa shape index (κ1) is 26.7. The number of Topliss-reactive ketones (excluding diaryl/α,β-unsaturated/α-hetero) is 1. The van der Waals surface area contributed by atoms with Crippen molar-refractivity contribution in [1.29, 1.82) is 0 Å². The molecule has 0 bridgehead atoms. The topological polar surface area (TPSA) is 93.1 Å². The van der Waals surface area contributed by atoms with Crippen LogP contribution >= 0.6 is 0 Å². The predicted molar refractivity (Wildman–Crippen MR) is 117 cm³/mol. The minimum atomic E-state index is -4.61. The molecule has 1 saturated heterocycles. The van der Waals surface area contributed by atoms with Gasteiger partial charge in [-0.15, -0.1) is 0 Å². The molecule has 1 atom stereocenters. The summed E-state index contributed by atoms with van der Waals surface area (Å²) in [5.41, 5.74) is -0.304. The summed E-state index contributed by atoms with van der Waals surface area (Å²) >= 11 is 0. The van der Waals surface area contributed by atoms with Crippen LogP contribution in [-0.4, -0.2) is 52.0 Å². The Kier molecular flexibility index (Phi) is 7.08. The molecule has 196 valence electrons. The highest BCUT2D eigenvalue weighted by atomic mass is 32.2. The molecule has 7 nitrogen and oxygen atoms in total. The van der Waals surface area contributed by atoms with Gasteiger partial charge in [-0.3, -0.25) is 9.78 Å². The van der Waals surface area contributed by atoms with Crippen LogP contribution in [0.4, 0.5) is 26.3 Å². The number of pyridine rings is 1. The van der Waals surface area contributed by atoms with Crippen LogP contribution in [0, 0.1) is 5.82 Å². The van der Waals surface area contributed by atoms with Crippen LogP contribution in [-0.2, 0) is 27.4 Å². The van der Waals surface area contributed by atoms with Crippen molar-refractivity contribution in [2.24, 2.45) is 0 Å². The van der Waals surface area contributed by atoms with Crippen molar-refractivity contribution >= 4 is 15.8 Å². The second kappa shape index (κ2) is 9.82. The standard InChI is InChI=1S/C23H18F6N4O3S/c24-15-2-5-17(6-3-15)37(35,36)33-12-22(25,26)10-19(33)20(34)7-4-16-9-18(32-13-31-16)14-1-8-21(30-11-14)23(27,28)29/h1-3,5-6,8-9,11,13,19H,4,7,10,12H2/t19-/m0/s1. The van der Waals surface area contributed by atoms with Gasteiger partial charge in [0.2, 0.25) is 10.0 Å². The van der Waals surface area contributed by atoms with Crippen molar-refractivity contribution in [1.82, 2.24) is 19.3 Å². The van der Waals surface area contributed by atoms with Gasteiger partial charge in [0.05, 0.1) is 23.2 Å². The first-order valence-electron chi connectivity index (χ1n) is 10.8. The van der Waals surface area contributed by atoms with Gasteiger partial charge in [-0.25, -0.2) is 31.6 Å². The normalized spacial score (nSPS) is 18.2. The summed E-state index contributed by atoms with van der Waals surface area (Å²) in [6.45, 7) is -1.19. The molecule has 4 rings (SSSR count). The quantitative estimate of drug-likeness (QED) is 0.412. The van der Waals surface area contributed by atoms with Gasteiger partial charge in [0, 0.05) is 30.3 Å². The maximum absolute atomic E-state index is 14.2. The van der Waals surface area contributed by atoms with E-state index in [0.29, 0.717) is 4.31 Å². The van der Waals surface area contributed by atoms with E-state index in [1.54, 1.807) is 0 Å². The van der Waals surface area contributed by atoms with Crippen LogP contribution in [0.15, 0.2) is 59.9 Å². The molecular formula is C23H18F6N4O3S. The van der Waals surface area contributed by atoms with Crippen molar-refractivity contribution in [2.75, 3.05) is 6.54 Å². The van der Waals surface area contributed by atoms with Gasteiger partial charge in [0.15, 0.2) is 5.78 Å². The van der Waals surface area contributed by atoms with E-state index in [4.69, 9.17) is 0 Å². The molecule has 1 aliphatic rings. The molecule has 3 aromatic rings. The fourth-order valence-corrected chi connectivity index (χ4v) is 5.52. The first-order valence-corrected chi connectivity index (χ1v) is 12.2. The number of carbonyl (C=O) groups is 1. The van der Waals surface area contributed by atoms with Gasteiger partial charge in [0.1, 0.15) is 17.8 Å². The Morgan fingerprint density at radius 3 is 2.38 bits per heavy atom. The largest absolute Gasteiger partial charge is 0.433 e. The Morgan fingerprint density at radius 1 is 1.05 bits per heavy atom. The van der Waals surface area contributed by atoms with Crippen LogP contribution in [0.25, 0.3) is 11.3 Å². The highest BCUT2D eigenvalue weighted by Crippen LogP contribution is 2.37. The van der Waals surface area contributed by atoms with E-state index in [0.717, 1.165) is 42.9 Å². The predicted octanol–water partition coefficient (Wildman–Crippen LogP) is 4.30. The van der Waals surface area contributed by atoms with Crippen LogP contribution in [0.1, 0.15) is 24.2 Å². The molecular weight excluding hydrogens is 526 g/mol.